The molecule has 0 N–H and O–H groups in total. The average Bonchev–Trinajstić information content (AvgIpc) is 2.62. The Morgan fingerprint density at radius 2 is 1.70 bits per heavy atom. The lowest BCUT2D eigenvalue weighted by atomic mass is 10.2. The molecule has 0 aromatic heterocycles. The topological polar surface area (TPSA) is 70.2 Å². The Labute approximate surface area is 134 Å². The first kappa shape index (κ1) is 15.5. The maximum Gasteiger partial charge on any atom is 0.320 e. The highest BCUT2D eigenvalue weighted by Crippen LogP contribution is 2.18. The normalized spacial score (nSPS) is 19.0. The average molecular weight is 317 g/mol. The highest BCUT2D eigenvalue weighted by atomic mass is 16.5. The van der Waals surface area contributed by atoms with Crippen LogP contribution in [0.5, 0.6) is 0 Å². The van der Waals surface area contributed by atoms with E-state index in [4.69, 9.17) is 4.74 Å². The fourth-order valence-corrected chi connectivity index (χ4v) is 2.80. The molecular formula is C16H19N3O4. The number of morpholine rings is 1. The summed E-state index contributed by atoms with van der Waals surface area (Å²) < 4.78 is 5.24. The number of carbonyl (C=O) groups excluding carboxylic acids is 3. The van der Waals surface area contributed by atoms with E-state index in [1.54, 1.807) is 39.0 Å². The summed E-state index contributed by atoms with van der Waals surface area (Å²) in [5, 5.41) is 0. The van der Waals surface area contributed by atoms with Crippen molar-refractivity contribution >= 4 is 23.9 Å². The maximum absolute atomic E-state index is 12.4. The monoisotopic (exact) mass is 317 g/mol. The van der Waals surface area contributed by atoms with E-state index >= 15 is 0 Å². The van der Waals surface area contributed by atoms with Gasteiger partial charge in [-0.2, -0.15) is 0 Å². The molecular weight excluding hydrogens is 298 g/mol. The molecule has 0 bridgehead atoms. The molecule has 23 heavy (non-hydrogen) atoms. The van der Waals surface area contributed by atoms with E-state index in [1.165, 1.54) is 0 Å². The quantitative estimate of drug-likeness (QED) is 0.749. The second-order valence-electron chi connectivity index (χ2n) is 5.56. The fraction of sp³-hybridized carbons (Fsp3) is 0.438. The van der Waals surface area contributed by atoms with Gasteiger partial charge in [0.25, 0.3) is 0 Å². The SMILES string of the molecule is O=Cc1ccc(N2CCN(C(=O)N3CCOCC3)CC2=O)cc1. The lowest BCUT2D eigenvalue weighted by Gasteiger charge is -2.38. The van der Waals surface area contributed by atoms with Crippen LogP contribution in [-0.2, 0) is 9.53 Å². The molecule has 1 aromatic carbocycles. The number of urea groups is 1. The van der Waals surface area contributed by atoms with Crippen molar-refractivity contribution in [3.8, 4) is 0 Å². The van der Waals surface area contributed by atoms with Gasteiger partial charge in [-0.1, -0.05) is 0 Å². The van der Waals surface area contributed by atoms with Gasteiger partial charge in [0, 0.05) is 37.4 Å². The van der Waals surface area contributed by atoms with Gasteiger partial charge in [-0.05, 0) is 24.3 Å². The first-order valence-corrected chi connectivity index (χ1v) is 7.66. The molecule has 1 aromatic rings. The number of piperazine rings is 1. The van der Waals surface area contributed by atoms with Gasteiger partial charge in [-0.25, -0.2) is 4.79 Å². The molecule has 0 radical (unpaired) electrons. The molecule has 3 amide bonds. The van der Waals surface area contributed by atoms with Gasteiger partial charge in [-0.3, -0.25) is 9.59 Å². The smallest absolute Gasteiger partial charge is 0.320 e. The van der Waals surface area contributed by atoms with Gasteiger partial charge >= 0.3 is 6.03 Å². The molecule has 0 atom stereocenters. The number of anilines is 1. The van der Waals surface area contributed by atoms with Crippen molar-refractivity contribution in [2.75, 3.05) is 50.8 Å². The van der Waals surface area contributed by atoms with Crippen LogP contribution in [0.4, 0.5) is 10.5 Å². The summed E-state index contributed by atoms with van der Waals surface area (Å²) in [4.78, 5) is 40.4. The van der Waals surface area contributed by atoms with E-state index in [0.29, 0.717) is 45.0 Å². The first-order chi connectivity index (χ1) is 11.2. The number of hydrogen-bond acceptors (Lipinski definition) is 4. The largest absolute Gasteiger partial charge is 0.378 e. The summed E-state index contributed by atoms with van der Waals surface area (Å²) in [6, 6.07) is 6.77. The predicted molar refractivity (Wildman–Crippen MR) is 83.5 cm³/mol. The number of hydrogen-bond donors (Lipinski definition) is 0. The number of amides is 3. The van der Waals surface area contributed by atoms with E-state index in [1.807, 2.05) is 0 Å². The molecule has 7 heteroatoms. The van der Waals surface area contributed by atoms with Crippen LogP contribution in [-0.4, -0.2) is 74.0 Å². The number of carbonyl (C=O) groups is 3. The molecule has 0 unspecified atom stereocenters. The second kappa shape index (κ2) is 6.78. The Balaban J connectivity index is 1.63. The summed E-state index contributed by atoms with van der Waals surface area (Å²) in [6.07, 6.45) is 0.768. The molecule has 0 saturated carbocycles. The minimum atomic E-state index is -0.114. The summed E-state index contributed by atoms with van der Waals surface area (Å²) >= 11 is 0. The Hall–Kier alpha value is -2.41. The Morgan fingerprint density at radius 1 is 1.00 bits per heavy atom. The third kappa shape index (κ3) is 3.34. The molecule has 0 aliphatic carbocycles. The summed E-state index contributed by atoms with van der Waals surface area (Å²) in [5.74, 6) is -0.114. The highest BCUT2D eigenvalue weighted by Gasteiger charge is 2.31. The second-order valence-corrected chi connectivity index (χ2v) is 5.56. The van der Waals surface area contributed by atoms with E-state index in [0.717, 1.165) is 12.0 Å². The highest BCUT2D eigenvalue weighted by molar-refractivity contribution is 5.98. The Bertz CT molecular complexity index is 596. The van der Waals surface area contributed by atoms with Crippen molar-refractivity contribution in [3.05, 3.63) is 29.8 Å². The van der Waals surface area contributed by atoms with Gasteiger partial charge in [-0.15, -0.1) is 0 Å². The van der Waals surface area contributed by atoms with Gasteiger partial charge < -0.3 is 19.4 Å². The van der Waals surface area contributed by atoms with Crippen LogP contribution in [0, 0.1) is 0 Å². The molecule has 122 valence electrons. The number of nitrogens with zero attached hydrogens (tertiary/aromatic N) is 3. The standard InChI is InChI=1S/C16H19N3O4/c20-12-13-1-3-14(4-2-13)19-6-5-18(11-15(19)21)16(22)17-7-9-23-10-8-17/h1-4,12H,5-11H2. The number of aldehydes is 1. The molecule has 3 rings (SSSR count). The molecule has 2 aliphatic rings. The summed E-state index contributed by atoms with van der Waals surface area (Å²) in [7, 11) is 0. The van der Waals surface area contributed by atoms with Crippen molar-refractivity contribution in [2.24, 2.45) is 0 Å². The zero-order valence-corrected chi connectivity index (χ0v) is 12.8. The minimum Gasteiger partial charge on any atom is -0.378 e. The number of benzene rings is 1. The van der Waals surface area contributed by atoms with Crippen molar-refractivity contribution in [1.82, 2.24) is 9.80 Å². The van der Waals surface area contributed by atoms with Gasteiger partial charge in [0.2, 0.25) is 5.91 Å². The van der Waals surface area contributed by atoms with E-state index in [-0.39, 0.29) is 18.5 Å². The van der Waals surface area contributed by atoms with Crippen molar-refractivity contribution in [2.45, 2.75) is 0 Å². The summed E-state index contributed by atoms with van der Waals surface area (Å²) in [5.41, 5.74) is 1.32. The van der Waals surface area contributed by atoms with Crippen LogP contribution in [0.15, 0.2) is 24.3 Å². The Kier molecular flexibility index (Phi) is 4.57. The van der Waals surface area contributed by atoms with Gasteiger partial charge in [0.15, 0.2) is 0 Å². The summed E-state index contributed by atoms with van der Waals surface area (Å²) in [6.45, 7) is 3.25. The van der Waals surface area contributed by atoms with Crippen LogP contribution >= 0.6 is 0 Å². The van der Waals surface area contributed by atoms with Crippen molar-refractivity contribution < 1.29 is 19.1 Å². The number of rotatable bonds is 2. The van der Waals surface area contributed by atoms with Crippen LogP contribution in [0.25, 0.3) is 0 Å². The minimum absolute atomic E-state index is 0.0750. The van der Waals surface area contributed by atoms with Crippen LogP contribution in [0.2, 0.25) is 0 Å². The van der Waals surface area contributed by atoms with Crippen LogP contribution < -0.4 is 4.90 Å². The lowest BCUT2D eigenvalue weighted by molar-refractivity contribution is -0.120. The van der Waals surface area contributed by atoms with Gasteiger partial charge in [0.1, 0.15) is 12.8 Å². The third-order valence-corrected chi connectivity index (χ3v) is 4.11. The van der Waals surface area contributed by atoms with E-state index < -0.39 is 0 Å². The molecule has 2 heterocycles. The zero-order chi connectivity index (χ0) is 16.2. The van der Waals surface area contributed by atoms with Crippen molar-refractivity contribution in [3.63, 3.8) is 0 Å². The molecule has 2 fully saturated rings. The van der Waals surface area contributed by atoms with Crippen molar-refractivity contribution in [1.29, 1.82) is 0 Å². The molecule has 2 aliphatic heterocycles. The lowest BCUT2D eigenvalue weighted by Crippen LogP contribution is -2.57. The molecule has 7 nitrogen and oxygen atoms in total. The van der Waals surface area contributed by atoms with Crippen LogP contribution in [0.1, 0.15) is 10.4 Å². The molecule has 2 saturated heterocycles. The maximum atomic E-state index is 12.4. The van der Waals surface area contributed by atoms with E-state index in [9.17, 15) is 14.4 Å². The third-order valence-electron chi connectivity index (χ3n) is 4.11. The van der Waals surface area contributed by atoms with Gasteiger partial charge in [0.05, 0.1) is 13.2 Å². The predicted octanol–water partition coefficient (Wildman–Crippen LogP) is 0.600. The number of ether oxygens (including phenoxy) is 1. The Morgan fingerprint density at radius 3 is 2.30 bits per heavy atom. The zero-order valence-electron chi connectivity index (χ0n) is 12.8. The first-order valence-electron chi connectivity index (χ1n) is 7.66. The van der Waals surface area contributed by atoms with Crippen LogP contribution in [0.3, 0.4) is 0 Å². The fourth-order valence-electron chi connectivity index (χ4n) is 2.80. The molecule has 0 spiro atoms. The van der Waals surface area contributed by atoms with E-state index in [2.05, 4.69) is 0 Å².